The van der Waals surface area contributed by atoms with Crippen LogP contribution in [0.25, 0.3) is 0 Å². The number of allylic oxidation sites excluding steroid dienone is 1. The summed E-state index contributed by atoms with van der Waals surface area (Å²) < 4.78 is 0. The molecule has 2 fully saturated rings. The van der Waals surface area contributed by atoms with Crippen LogP contribution in [0.3, 0.4) is 0 Å². The van der Waals surface area contributed by atoms with E-state index in [9.17, 15) is 15.0 Å². The lowest BCUT2D eigenvalue weighted by atomic mass is 9.69. The van der Waals surface area contributed by atoms with Crippen molar-refractivity contribution in [3.05, 3.63) is 24.3 Å². The lowest BCUT2D eigenvalue weighted by Crippen LogP contribution is -2.31. The number of hydrogen-bond acceptors (Lipinski definition) is 2. The van der Waals surface area contributed by atoms with Crippen molar-refractivity contribution in [2.45, 2.75) is 71.3 Å². The summed E-state index contributed by atoms with van der Waals surface area (Å²) in [7, 11) is 0. The Morgan fingerprint density at radius 3 is 2.57 bits per heavy atom. The van der Waals surface area contributed by atoms with Crippen molar-refractivity contribution in [1.29, 1.82) is 0 Å². The zero-order chi connectivity index (χ0) is 17.2. The zero-order valence-electron chi connectivity index (χ0n) is 14.7. The molecule has 0 spiro atoms. The van der Waals surface area contributed by atoms with E-state index >= 15 is 0 Å². The first-order chi connectivity index (χ1) is 10.7. The highest BCUT2D eigenvalue weighted by atomic mass is 16.4. The molecule has 23 heavy (non-hydrogen) atoms. The van der Waals surface area contributed by atoms with E-state index in [0.29, 0.717) is 18.3 Å². The van der Waals surface area contributed by atoms with Gasteiger partial charge in [-0.2, -0.15) is 0 Å². The summed E-state index contributed by atoms with van der Waals surface area (Å²) in [5.74, 6) is -0.0753. The summed E-state index contributed by atoms with van der Waals surface area (Å²) in [4.78, 5) is 11.5. The number of rotatable bonds is 2. The Labute approximate surface area is 140 Å². The average Bonchev–Trinajstić information content (AvgIpc) is 2.77. The van der Waals surface area contributed by atoms with Gasteiger partial charge in [0.2, 0.25) is 0 Å². The fourth-order valence-electron chi connectivity index (χ4n) is 4.85. The number of aliphatic hydroxyl groups excluding tert-OH is 1. The second-order valence-electron chi connectivity index (χ2n) is 8.13. The Balaban J connectivity index is 2.27. The van der Waals surface area contributed by atoms with Gasteiger partial charge in [0.15, 0.2) is 0 Å². The van der Waals surface area contributed by atoms with Crippen LogP contribution in [0.1, 0.15) is 65.2 Å². The van der Waals surface area contributed by atoms with Crippen LogP contribution in [0.4, 0.5) is 0 Å². The van der Waals surface area contributed by atoms with Crippen LogP contribution in [-0.2, 0) is 4.79 Å². The van der Waals surface area contributed by atoms with Crippen LogP contribution in [0.5, 0.6) is 0 Å². The molecule has 2 N–H and O–H groups in total. The van der Waals surface area contributed by atoms with Crippen molar-refractivity contribution in [3.63, 3.8) is 0 Å². The second-order valence-corrected chi connectivity index (χ2v) is 8.13. The molecule has 0 saturated heterocycles. The van der Waals surface area contributed by atoms with Gasteiger partial charge in [-0.25, -0.2) is 0 Å². The maximum atomic E-state index is 11.5. The third kappa shape index (κ3) is 4.06. The number of hydrogen-bond donors (Lipinski definition) is 2. The van der Waals surface area contributed by atoms with Gasteiger partial charge < -0.3 is 10.2 Å². The molecule has 0 aromatic heterocycles. The van der Waals surface area contributed by atoms with Gasteiger partial charge in [-0.05, 0) is 81.1 Å². The maximum Gasteiger partial charge on any atom is 0.306 e. The third-order valence-corrected chi connectivity index (χ3v) is 6.40. The van der Waals surface area contributed by atoms with Crippen molar-refractivity contribution in [2.24, 2.45) is 23.2 Å². The van der Waals surface area contributed by atoms with E-state index in [1.807, 2.05) is 0 Å². The lowest BCUT2D eigenvalue weighted by Gasteiger charge is -2.37. The number of aliphatic carboxylic acids is 1. The minimum atomic E-state index is -0.679. The number of carboxylic acids is 1. The maximum absolute atomic E-state index is 11.5. The van der Waals surface area contributed by atoms with E-state index in [4.69, 9.17) is 0 Å². The number of carboxylic acid groups (broad SMARTS) is 1. The first-order valence-electron chi connectivity index (χ1n) is 8.98. The molecule has 2 rings (SSSR count). The van der Waals surface area contributed by atoms with Crippen LogP contribution < -0.4 is 0 Å². The molecule has 0 heterocycles. The summed E-state index contributed by atoms with van der Waals surface area (Å²) in [6.07, 6.45) is 6.35. The standard InChI is InChI=1S/C20H32O3/c1-13(2)16-10-11-20(4)12-18(21)14(3)6-5-7-15(19(22)23)8-9-17(16)20/h15-18,21H,1,3,5-12H2,2,4H3,(H,22,23). The van der Waals surface area contributed by atoms with Gasteiger partial charge in [-0.3, -0.25) is 4.79 Å². The van der Waals surface area contributed by atoms with E-state index in [2.05, 4.69) is 27.0 Å². The van der Waals surface area contributed by atoms with Gasteiger partial charge in [0.25, 0.3) is 0 Å². The van der Waals surface area contributed by atoms with Crippen molar-refractivity contribution in [3.8, 4) is 0 Å². The zero-order valence-corrected chi connectivity index (χ0v) is 14.7. The Hall–Kier alpha value is -1.09. The van der Waals surface area contributed by atoms with E-state index < -0.39 is 12.1 Å². The summed E-state index contributed by atoms with van der Waals surface area (Å²) in [5.41, 5.74) is 2.13. The molecule has 0 aromatic rings. The quantitative estimate of drug-likeness (QED) is 0.733. The van der Waals surface area contributed by atoms with Gasteiger partial charge >= 0.3 is 5.97 Å². The fraction of sp³-hybridized carbons (Fsp3) is 0.750. The molecule has 3 nitrogen and oxygen atoms in total. The monoisotopic (exact) mass is 320 g/mol. The van der Waals surface area contributed by atoms with Gasteiger partial charge in [-0.1, -0.05) is 25.7 Å². The van der Waals surface area contributed by atoms with E-state index in [-0.39, 0.29) is 11.3 Å². The molecule has 5 unspecified atom stereocenters. The van der Waals surface area contributed by atoms with Crippen molar-refractivity contribution in [2.75, 3.05) is 0 Å². The van der Waals surface area contributed by atoms with Crippen LogP contribution in [0, 0.1) is 23.2 Å². The largest absolute Gasteiger partial charge is 0.481 e. The Morgan fingerprint density at radius 2 is 1.96 bits per heavy atom. The molecule has 0 aromatic carbocycles. The summed E-state index contributed by atoms with van der Waals surface area (Å²) in [6, 6.07) is 0. The first kappa shape index (κ1) is 18.3. The van der Waals surface area contributed by atoms with Crippen LogP contribution >= 0.6 is 0 Å². The molecular formula is C20H32O3. The van der Waals surface area contributed by atoms with E-state index in [1.165, 1.54) is 5.57 Å². The Kier molecular flexibility index (Phi) is 5.72. The molecule has 0 amide bonds. The number of carbonyl (C=O) groups is 1. The average molecular weight is 320 g/mol. The molecular weight excluding hydrogens is 288 g/mol. The molecule has 0 radical (unpaired) electrons. The molecule has 2 aliphatic rings. The smallest absolute Gasteiger partial charge is 0.306 e. The highest BCUT2D eigenvalue weighted by molar-refractivity contribution is 5.69. The van der Waals surface area contributed by atoms with Crippen molar-refractivity contribution >= 4 is 5.97 Å². The molecule has 0 bridgehead atoms. The van der Waals surface area contributed by atoms with E-state index in [0.717, 1.165) is 50.5 Å². The molecule has 130 valence electrons. The van der Waals surface area contributed by atoms with Gasteiger partial charge in [0, 0.05) is 0 Å². The molecule has 5 atom stereocenters. The van der Waals surface area contributed by atoms with Gasteiger partial charge in [-0.15, -0.1) is 0 Å². The van der Waals surface area contributed by atoms with Crippen molar-refractivity contribution < 1.29 is 15.0 Å². The topological polar surface area (TPSA) is 57.5 Å². The SMILES string of the molecule is C=C1CCCC(C(=O)O)CCC2C(C(=C)C)CCC2(C)CC1O. The van der Waals surface area contributed by atoms with Crippen LogP contribution in [0.2, 0.25) is 0 Å². The van der Waals surface area contributed by atoms with E-state index in [1.54, 1.807) is 0 Å². The summed E-state index contributed by atoms with van der Waals surface area (Å²) >= 11 is 0. The fourth-order valence-corrected chi connectivity index (χ4v) is 4.85. The van der Waals surface area contributed by atoms with Gasteiger partial charge in [0.05, 0.1) is 12.0 Å². The minimum Gasteiger partial charge on any atom is -0.481 e. The normalized spacial score (nSPS) is 39.3. The number of aliphatic hydroxyl groups is 1. The predicted octanol–water partition coefficient (Wildman–Crippen LogP) is 4.57. The number of fused-ring (bicyclic) bond motifs is 1. The second kappa shape index (κ2) is 7.21. The predicted molar refractivity (Wildman–Crippen MR) is 93.1 cm³/mol. The molecule has 3 heteroatoms. The Bertz CT molecular complexity index is 481. The van der Waals surface area contributed by atoms with Crippen LogP contribution in [-0.4, -0.2) is 22.3 Å². The first-order valence-corrected chi connectivity index (χ1v) is 8.98. The third-order valence-electron chi connectivity index (χ3n) is 6.40. The lowest BCUT2D eigenvalue weighted by molar-refractivity contribution is -0.142. The summed E-state index contributed by atoms with van der Waals surface area (Å²) in [6.45, 7) is 12.6. The van der Waals surface area contributed by atoms with Crippen molar-refractivity contribution in [1.82, 2.24) is 0 Å². The minimum absolute atomic E-state index is 0.0549. The Morgan fingerprint density at radius 1 is 1.26 bits per heavy atom. The van der Waals surface area contributed by atoms with Gasteiger partial charge in [0.1, 0.15) is 0 Å². The highest BCUT2D eigenvalue weighted by Gasteiger charge is 2.46. The molecule has 0 aliphatic heterocycles. The molecule has 2 saturated carbocycles. The summed E-state index contributed by atoms with van der Waals surface area (Å²) in [5, 5.41) is 20.1. The van der Waals surface area contributed by atoms with Crippen LogP contribution in [0.15, 0.2) is 24.3 Å². The highest BCUT2D eigenvalue weighted by Crippen LogP contribution is 2.54. The molecule has 2 aliphatic carbocycles.